The smallest absolute Gasteiger partial charge is 0.412 e. The van der Waals surface area contributed by atoms with Gasteiger partial charge >= 0.3 is 12.2 Å². The molecule has 206 valence electrons. The van der Waals surface area contributed by atoms with E-state index >= 15 is 0 Å². The molecule has 0 aliphatic rings. The molecule has 8 nitrogen and oxygen atoms in total. The van der Waals surface area contributed by atoms with Crippen molar-refractivity contribution in [3.63, 3.8) is 0 Å². The molecule has 8 heteroatoms. The molecule has 0 saturated carbocycles. The van der Waals surface area contributed by atoms with Crippen LogP contribution in [0.4, 0.5) is 21.0 Å². The molecule has 0 aliphatic heterocycles. The monoisotopic (exact) mass is 506 g/mol. The SMILES string of the molecule is CCCCCCCN(CC)COC(=O)Nc1cccc(NC(=O)OCN(CC)CCCCCCC)c1. The number of unbranched alkanes of at least 4 members (excludes halogenated alkanes) is 8. The lowest BCUT2D eigenvalue weighted by molar-refractivity contribution is 0.0794. The summed E-state index contributed by atoms with van der Waals surface area (Å²) < 4.78 is 10.8. The van der Waals surface area contributed by atoms with Gasteiger partial charge in [0.05, 0.1) is 0 Å². The number of benzene rings is 1. The zero-order chi connectivity index (χ0) is 26.4. The molecular formula is C28H50N4O4. The number of carbonyl (C=O) groups is 2. The quantitative estimate of drug-likeness (QED) is 0.143. The third-order valence-electron chi connectivity index (χ3n) is 6.16. The van der Waals surface area contributed by atoms with Gasteiger partial charge < -0.3 is 9.47 Å². The Morgan fingerprint density at radius 3 is 1.47 bits per heavy atom. The Labute approximate surface area is 219 Å². The Kier molecular flexibility index (Phi) is 18.3. The minimum Gasteiger partial charge on any atom is -0.433 e. The van der Waals surface area contributed by atoms with Crippen molar-refractivity contribution in [1.82, 2.24) is 9.80 Å². The zero-order valence-electron chi connectivity index (χ0n) is 23.2. The predicted octanol–water partition coefficient (Wildman–Crippen LogP) is 7.28. The van der Waals surface area contributed by atoms with Crippen molar-refractivity contribution in [2.45, 2.75) is 91.9 Å². The van der Waals surface area contributed by atoms with E-state index in [0.717, 1.165) is 39.0 Å². The zero-order valence-corrected chi connectivity index (χ0v) is 23.2. The van der Waals surface area contributed by atoms with Crippen LogP contribution in [-0.2, 0) is 9.47 Å². The summed E-state index contributed by atoms with van der Waals surface area (Å²) in [5.41, 5.74) is 1.09. The van der Waals surface area contributed by atoms with E-state index in [9.17, 15) is 9.59 Å². The van der Waals surface area contributed by atoms with E-state index in [1.54, 1.807) is 24.3 Å². The van der Waals surface area contributed by atoms with Gasteiger partial charge in [0.1, 0.15) is 13.5 Å². The first-order valence-electron chi connectivity index (χ1n) is 13.9. The lowest BCUT2D eigenvalue weighted by Crippen LogP contribution is -2.30. The molecule has 0 bridgehead atoms. The second-order valence-electron chi connectivity index (χ2n) is 9.20. The number of ether oxygens (including phenoxy) is 2. The van der Waals surface area contributed by atoms with Crippen LogP contribution in [0.5, 0.6) is 0 Å². The van der Waals surface area contributed by atoms with Crippen LogP contribution in [0.25, 0.3) is 0 Å². The summed E-state index contributed by atoms with van der Waals surface area (Å²) in [7, 11) is 0. The van der Waals surface area contributed by atoms with Crippen molar-refractivity contribution in [1.29, 1.82) is 0 Å². The Bertz CT molecular complexity index is 661. The molecular weight excluding hydrogens is 456 g/mol. The number of nitrogens with zero attached hydrogens (tertiary/aromatic N) is 2. The molecule has 0 aliphatic carbocycles. The first kappa shape index (κ1) is 31.7. The molecule has 0 heterocycles. The van der Waals surface area contributed by atoms with E-state index in [-0.39, 0.29) is 13.5 Å². The Morgan fingerprint density at radius 2 is 1.08 bits per heavy atom. The van der Waals surface area contributed by atoms with Gasteiger partial charge in [0.25, 0.3) is 0 Å². The average molecular weight is 507 g/mol. The molecule has 0 aromatic heterocycles. The molecule has 0 unspecified atom stereocenters. The van der Waals surface area contributed by atoms with Gasteiger partial charge in [-0.25, -0.2) is 9.59 Å². The number of rotatable bonds is 20. The number of carbonyl (C=O) groups excluding carboxylic acids is 2. The van der Waals surface area contributed by atoms with Crippen LogP contribution in [0.3, 0.4) is 0 Å². The van der Waals surface area contributed by atoms with Gasteiger partial charge in [-0.05, 0) is 44.1 Å². The van der Waals surface area contributed by atoms with E-state index in [1.165, 1.54) is 51.4 Å². The summed E-state index contributed by atoms with van der Waals surface area (Å²) in [6.07, 6.45) is 11.1. The number of amides is 2. The van der Waals surface area contributed by atoms with Gasteiger partial charge in [0, 0.05) is 24.5 Å². The first-order valence-corrected chi connectivity index (χ1v) is 13.9. The highest BCUT2D eigenvalue weighted by Gasteiger charge is 2.10. The Hall–Kier alpha value is -2.32. The van der Waals surface area contributed by atoms with Gasteiger partial charge in [0.2, 0.25) is 0 Å². The highest BCUT2D eigenvalue weighted by molar-refractivity contribution is 5.88. The predicted molar refractivity (Wildman–Crippen MR) is 148 cm³/mol. The topological polar surface area (TPSA) is 83.1 Å². The van der Waals surface area contributed by atoms with E-state index in [2.05, 4.69) is 48.1 Å². The van der Waals surface area contributed by atoms with E-state index in [1.807, 2.05) is 0 Å². The lowest BCUT2D eigenvalue weighted by atomic mass is 10.1. The molecule has 2 N–H and O–H groups in total. The molecule has 1 aromatic carbocycles. The molecule has 1 rings (SSSR count). The van der Waals surface area contributed by atoms with Crippen molar-refractivity contribution in [3.05, 3.63) is 24.3 Å². The van der Waals surface area contributed by atoms with Gasteiger partial charge in [-0.3, -0.25) is 20.4 Å². The maximum atomic E-state index is 12.3. The Morgan fingerprint density at radius 1 is 0.667 bits per heavy atom. The van der Waals surface area contributed by atoms with Gasteiger partial charge in [-0.2, -0.15) is 0 Å². The van der Waals surface area contributed by atoms with Crippen molar-refractivity contribution in [3.8, 4) is 0 Å². The number of anilines is 2. The second-order valence-corrected chi connectivity index (χ2v) is 9.20. The minimum atomic E-state index is -0.517. The van der Waals surface area contributed by atoms with Gasteiger partial charge in [-0.15, -0.1) is 0 Å². The van der Waals surface area contributed by atoms with E-state index in [0.29, 0.717) is 11.4 Å². The maximum absolute atomic E-state index is 12.3. The molecule has 0 atom stereocenters. The maximum Gasteiger partial charge on any atom is 0.412 e. The molecule has 0 saturated heterocycles. The van der Waals surface area contributed by atoms with Crippen LogP contribution >= 0.6 is 0 Å². The molecule has 0 radical (unpaired) electrons. The molecule has 0 spiro atoms. The fourth-order valence-electron chi connectivity index (χ4n) is 3.79. The van der Waals surface area contributed by atoms with Crippen LogP contribution in [-0.4, -0.2) is 61.6 Å². The number of hydrogen-bond donors (Lipinski definition) is 2. The van der Waals surface area contributed by atoms with Crippen molar-refractivity contribution < 1.29 is 19.1 Å². The minimum absolute atomic E-state index is 0.257. The summed E-state index contributed by atoms with van der Waals surface area (Å²) in [5.74, 6) is 0. The normalized spacial score (nSPS) is 11.1. The van der Waals surface area contributed by atoms with Crippen LogP contribution in [0, 0.1) is 0 Å². The lowest BCUT2D eigenvalue weighted by Gasteiger charge is -2.20. The van der Waals surface area contributed by atoms with Crippen LogP contribution in [0.15, 0.2) is 24.3 Å². The molecule has 0 fully saturated rings. The van der Waals surface area contributed by atoms with Crippen LogP contribution < -0.4 is 10.6 Å². The highest BCUT2D eigenvalue weighted by Crippen LogP contribution is 2.16. The van der Waals surface area contributed by atoms with Crippen LogP contribution in [0.2, 0.25) is 0 Å². The van der Waals surface area contributed by atoms with Crippen molar-refractivity contribution >= 4 is 23.6 Å². The third-order valence-corrected chi connectivity index (χ3v) is 6.16. The van der Waals surface area contributed by atoms with E-state index < -0.39 is 12.2 Å². The number of hydrogen-bond acceptors (Lipinski definition) is 6. The summed E-state index contributed by atoms with van der Waals surface area (Å²) in [6, 6.07) is 6.94. The summed E-state index contributed by atoms with van der Waals surface area (Å²) in [6.45, 7) is 12.6. The number of nitrogens with one attached hydrogen (secondary N) is 2. The van der Waals surface area contributed by atoms with E-state index in [4.69, 9.17) is 9.47 Å². The Balaban J connectivity index is 2.37. The average Bonchev–Trinajstić information content (AvgIpc) is 2.87. The van der Waals surface area contributed by atoms with Crippen LogP contribution in [0.1, 0.15) is 91.9 Å². The van der Waals surface area contributed by atoms with Gasteiger partial charge in [0.15, 0.2) is 0 Å². The fourth-order valence-corrected chi connectivity index (χ4v) is 3.79. The molecule has 36 heavy (non-hydrogen) atoms. The fraction of sp³-hybridized carbons (Fsp3) is 0.714. The van der Waals surface area contributed by atoms with Crippen molar-refractivity contribution in [2.24, 2.45) is 0 Å². The second kappa shape index (κ2) is 20.8. The largest absolute Gasteiger partial charge is 0.433 e. The summed E-state index contributed by atoms with van der Waals surface area (Å²) >= 11 is 0. The molecule has 2 amide bonds. The third kappa shape index (κ3) is 15.6. The summed E-state index contributed by atoms with van der Waals surface area (Å²) in [5, 5.41) is 5.46. The first-order chi connectivity index (χ1) is 17.5. The highest BCUT2D eigenvalue weighted by atomic mass is 16.6. The van der Waals surface area contributed by atoms with Crippen molar-refractivity contribution in [2.75, 3.05) is 50.3 Å². The van der Waals surface area contributed by atoms with Gasteiger partial charge in [-0.1, -0.05) is 85.1 Å². The standard InChI is InChI=1S/C28H50N4O4/c1-5-9-11-13-15-20-31(7-3)23-35-27(33)29-25-18-17-19-26(22-25)30-28(34)36-24-32(8-4)21-16-14-12-10-6-2/h17-19,22H,5-16,20-21,23-24H2,1-4H3,(H,29,33)(H,30,34). The molecule has 1 aromatic rings. The summed E-state index contributed by atoms with van der Waals surface area (Å²) in [4.78, 5) is 28.7.